The highest BCUT2D eigenvalue weighted by atomic mass is 16.5. The van der Waals surface area contributed by atoms with Crippen LogP contribution in [-0.2, 0) is 16.0 Å². The number of carbonyl (C=O) groups is 1. The zero-order valence-electron chi connectivity index (χ0n) is 11.1. The second kappa shape index (κ2) is 6.01. The fourth-order valence-corrected chi connectivity index (χ4v) is 2.29. The number of hydrogen-bond acceptors (Lipinski definition) is 2. The van der Waals surface area contributed by atoms with E-state index >= 15 is 0 Å². The number of nitrogens with zero attached hydrogens (tertiary/aromatic N) is 1. The van der Waals surface area contributed by atoms with Crippen molar-refractivity contribution in [2.24, 2.45) is 0 Å². The van der Waals surface area contributed by atoms with Gasteiger partial charge in [-0.15, -0.1) is 0 Å². The van der Waals surface area contributed by atoms with Crippen LogP contribution in [0.2, 0.25) is 0 Å². The first-order chi connectivity index (χ1) is 8.66. The molecule has 2 atom stereocenters. The third kappa shape index (κ3) is 3.33. The molecule has 2 rings (SSSR count). The first kappa shape index (κ1) is 13.1. The van der Waals surface area contributed by atoms with Gasteiger partial charge in [-0.05, 0) is 25.8 Å². The van der Waals surface area contributed by atoms with Crippen molar-refractivity contribution in [3.63, 3.8) is 0 Å². The number of carbonyl (C=O) groups excluding carboxylic acids is 1. The molecule has 3 heteroatoms. The monoisotopic (exact) mass is 247 g/mol. The number of ether oxygens (including phenoxy) is 1. The van der Waals surface area contributed by atoms with Crippen LogP contribution in [0.5, 0.6) is 0 Å². The molecule has 1 saturated heterocycles. The lowest BCUT2D eigenvalue weighted by Gasteiger charge is -2.36. The van der Waals surface area contributed by atoms with Crippen LogP contribution < -0.4 is 0 Å². The van der Waals surface area contributed by atoms with Crippen molar-refractivity contribution in [3.8, 4) is 0 Å². The molecule has 1 aromatic carbocycles. The lowest BCUT2D eigenvalue weighted by atomic mass is 10.1. The van der Waals surface area contributed by atoms with Gasteiger partial charge in [0.15, 0.2) is 0 Å². The highest BCUT2D eigenvalue weighted by Gasteiger charge is 2.26. The summed E-state index contributed by atoms with van der Waals surface area (Å²) in [6.45, 7) is 5.43. The highest BCUT2D eigenvalue weighted by Crippen LogP contribution is 2.14. The summed E-state index contributed by atoms with van der Waals surface area (Å²) in [5.41, 5.74) is 1.22. The maximum Gasteiger partial charge on any atom is 0.223 e. The minimum atomic E-state index is 0.155. The van der Waals surface area contributed by atoms with Crippen molar-refractivity contribution in [2.75, 3.05) is 13.2 Å². The molecule has 0 aliphatic carbocycles. The number of morpholine rings is 1. The maximum atomic E-state index is 12.2. The summed E-state index contributed by atoms with van der Waals surface area (Å²) in [6, 6.07) is 10.4. The Morgan fingerprint density at radius 1 is 1.33 bits per heavy atom. The van der Waals surface area contributed by atoms with Crippen LogP contribution in [0.15, 0.2) is 30.3 Å². The van der Waals surface area contributed by atoms with Gasteiger partial charge in [0.2, 0.25) is 5.91 Å². The third-order valence-electron chi connectivity index (χ3n) is 3.40. The summed E-state index contributed by atoms with van der Waals surface area (Å²) < 4.78 is 5.54. The average molecular weight is 247 g/mol. The van der Waals surface area contributed by atoms with Crippen molar-refractivity contribution in [1.29, 1.82) is 0 Å². The molecule has 0 spiro atoms. The van der Waals surface area contributed by atoms with Crippen LogP contribution in [0.1, 0.15) is 25.8 Å². The largest absolute Gasteiger partial charge is 0.375 e. The SMILES string of the molecule is C[C@@H]1CN(C(=O)CCc2ccccc2)[C@@H](C)CO1. The third-order valence-corrected chi connectivity index (χ3v) is 3.40. The topological polar surface area (TPSA) is 29.5 Å². The minimum absolute atomic E-state index is 0.155. The van der Waals surface area contributed by atoms with Gasteiger partial charge < -0.3 is 9.64 Å². The first-order valence-corrected chi connectivity index (χ1v) is 6.62. The van der Waals surface area contributed by atoms with E-state index < -0.39 is 0 Å². The van der Waals surface area contributed by atoms with E-state index in [-0.39, 0.29) is 18.1 Å². The van der Waals surface area contributed by atoms with E-state index in [1.165, 1.54) is 5.56 Å². The van der Waals surface area contributed by atoms with E-state index in [1.54, 1.807) is 0 Å². The molecule has 1 heterocycles. The zero-order chi connectivity index (χ0) is 13.0. The summed E-state index contributed by atoms with van der Waals surface area (Å²) in [5.74, 6) is 0.238. The first-order valence-electron chi connectivity index (χ1n) is 6.62. The Balaban J connectivity index is 1.87. The number of aryl methyl sites for hydroxylation is 1. The summed E-state index contributed by atoms with van der Waals surface area (Å²) in [6.07, 6.45) is 1.56. The van der Waals surface area contributed by atoms with E-state index in [9.17, 15) is 4.79 Å². The summed E-state index contributed by atoms with van der Waals surface area (Å²) >= 11 is 0. The lowest BCUT2D eigenvalue weighted by Crippen LogP contribution is -2.50. The second-order valence-corrected chi connectivity index (χ2v) is 5.02. The van der Waals surface area contributed by atoms with E-state index in [2.05, 4.69) is 12.1 Å². The maximum absolute atomic E-state index is 12.2. The summed E-state index contributed by atoms with van der Waals surface area (Å²) in [7, 11) is 0. The molecule has 0 aromatic heterocycles. The fourth-order valence-electron chi connectivity index (χ4n) is 2.29. The van der Waals surface area contributed by atoms with Gasteiger partial charge >= 0.3 is 0 Å². The number of benzene rings is 1. The summed E-state index contributed by atoms with van der Waals surface area (Å²) in [5, 5.41) is 0. The molecule has 1 aromatic rings. The van der Waals surface area contributed by atoms with Gasteiger partial charge in [-0.1, -0.05) is 30.3 Å². The van der Waals surface area contributed by atoms with Crippen molar-refractivity contribution in [2.45, 2.75) is 38.8 Å². The number of amides is 1. The molecule has 0 saturated carbocycles. The Labute approximate surface area is 109 Å². The highest BCUT2D eigenvalue weighted by molar-refractivity contribution is 5.77. The minimum Gasteiger partial charge on any atom is -0.375 e. The van der Waals surface area contributed by atoms with Gasteiger partial charge in [0, 0.05) is 13.0 Å². The quantitative estimate of drug-likeness (QED) is 0.820. The van der Waals surface area contributed by atoms with Gasteiger partial charge in [-0.25, -0.2) is 0 Å². The Bertz CT molecular complexity index is 391. The zero-order valence-corrected chi connectivity index (χ0v) is 11.1. The Kier molecular flexibility index (Phi) is 4.37. The van der Waals surface area contributed by atoms with Crippen LogP contribution in [-0.4, -0.2) is 36.1 Å². The predicted molar refractivity (Wildman–Crippen MR) is 71.4 cm³/mol. The van der Waals surface area contributed by atoms with E-state index in [4.69, 9.17) is 4.74 Å². The molecule has 1 fully saturated rings. The number of hydrogen-bond donors (Lipinski definition) is 0. The standard InChI is InChI=1S/C15H21NO2/c1-12-11-18-13(2)10-16(12)15(17)9-8-14-6-4-3-5-7-14/h3-7,12-13H,8-11H2,1-2H3/t12-,13+/m0/s1. The second-order valence-electron chi connectivity index (χ2n) is 5.02. The molecule has 1 aliphatic heterocycles. The van der Waals surface area contributed by atoms with Gasteiger partial charge in [-0.3, -0.25) is 4.79 Å². The van der Waals surface area contributed by atoms with Crippen LogP contribution >= 0.6 is 0 Å². The molecule has 0 N–H and O–H groups in total. The molecule has 0 radical (unpaired) electrons. The molecular weight excluding hydrogens is 226 g/mol. The molecule has 0 unspecified atom stereocenters. The van der Waals surface area contributed by atoms with Gasteiger partial charge in [-0.2, -0.15) is 0 Å². The van der Waals surface area contributed by atoms with E-state index in [1.807, 2.05) is 36.9 Å². The van der Waals surface area contributed by atoms with Crippen LogP contribution in [0.4, 0.5) is 0 Å². The van der Waals surface area contributed by atoms with Crippen LogP contribution in [0.25, 0.3) is 0 Å². The Morgan fingerprint density at radius 3 is 2.78 bits per heavy atom. The molecule has 0 bridgehead atoms. The lowest BCUT2D eigenvalue weighted by molar-refractivity contribution is -0.143. The van der Waals surface area contributed by atoms with Crippen LogP contribution in [0, 0.1) is 0 Å². The van der Waals surface area contributed by atoms with E-state index in [0.717, 1.165) is 13.0 Å². The van der Waals surface area contributed by atoms with Crippen molar-refractivity contribution < 1.29 is 9.53 Å². The Hall–Kier alpha value is -1.35. The normalized spacial score (nSPS) is 24.0. The smallest absolute Gasteiger partial charge is 0.223 e. The fraction of sp³-hybridized carbons (Fsp3) is 0.533. The van der Waals surface area contributed by atoms with Gasteiger partial charge in [0.1, 0.15) is 0 Å². The molecule has 18 heavy (non-hydrogen) atoms. The molecule has 1 amide bonds. The van der Waals surface area contributed by atoms with Gasteiger partial charge in [0.25, 0.3) is 0 Å². The Morgan fingerprint density at radius 2 is 2.06 bits per heavy atom. The molecule has 98 valence electrons. The average Bonchev–Trinajstić information content (AvgIpc) is 2.40. The number of rotatable bonds is 3. The molecule has 1 aliphatic rings. The van der Waals surface area contributed by atoms with Crippen molar-refractivity contribution in [1.82, 2.24) is 4.90 Å². The van der Waals surface area contributed by atoms with Crippen molar-refractivity contribution >= 4 is 5.91 Å². The summed E-state index contributed by atoms with van der Waals surface area (Å²) in [4.78, 5) is 14.2. The van der Waals surface area contributed by atoms with Gasteiger partial charge in [0.05, 0.1) is 18.8 Å². The molecule has 3 nitrogen and oxygen atoms in total. The molecular formula is C15H21NO2. The van der Waals surface area contributed by atoms with Crippen LogP contribution in [0.3, 0.4) is 0 Å². The predicted octanol–water partition coefficient (Wildman–Crippen LogP) is 2.25. The van der Waals surface area contributed by atoms with Crippen molar-refractivity contribution in [3.05, 3.63) is 35.9 Å². The van der Waals surface area contributed by atoms with E-state index in [0.29, 0.717) is 13.0 Å².